The lowest BCUT2D eigenvalue weighted by Gasteiger charge is -2.29. The van der Waals surface area contributed by atoms with Gasteiger partial charge in [0.2, 0.25) is 0 Å². The molecule has 3 aliphatic rings. The van der Waals surface area contributed by atoms with Crippen LogP contribution in [0.3, 0.4) is 0 Å². The van der Waals surface area contributed by atoms with Crippen molar-refractivity contribution in [3.05, 3.63) is 0 Å². The van der Waals surface area contributed by atoms with Crippen LogP contribution in [0.4, 0.5) is 0 Å². The van der Waals surface area contributed by atoms with Crippen molar-refractivity contribution in [3.63, 3.8) is 0 Å². The van der Waals surface area contributed by atoms with Gasteiger partial charge in [-0.2, -0.15) is 0 Å². The summed E-state index contributed by atoms with van der Waals surface area (Å²) in [4.78, 5) is 0. The van der Waals surface area contributed by atoms with E-state index in [2.05, 4.69) is 20.8 Å². The number of ether oxygens (including phenoxy) is 2. The number of nitrogens with two attached hydrogens (primary N) is 1. The summed E-state index contributed by atoms with van der Waals surface area (Å²) < 4.78 is 11.9. The first kappa shape index (κ1) is 11.0. The Hall–Kier alpha value is -0.120. The number of fused-ring (bicyclic) bond motifs is 2. The highest BCUT2D eigenvalue weighted by molar-refractivity contribution is 5.13. The van der Waals surface area contributed by atoms with E-state index in [1.807, 2.05) is 0 Å². The van der Waals surface area contributed by atoms with E-state index in [1.54, 1.807) is 0 Å². The van der Waals surface area contributed by atoms with Crippen molar-refractivity contribution in [1.29, 1.82) is 0 Å². The molecule has 3 fully saturated rings. The van der Waals surface area contributed by atoms with E-state index in [1.165, 1.54) is 12.8 Å². The van der Waals surface area contributed by atoms with E-state index in [9.17, 15) is 0 Å². The van der Waals surface area contributed by atoms with E-state index in [0.29, 0.717) is 17.8 Å². The maximum atomic E-state index is 6.20. The predicted molar refractivity (Wildman–Crippen MR) is 61.8 cm³/mol. The summed E-state index contributed by atoms with van der Waals surface area (Å²) in [7, 11) is 0. The van der Waals surface area contributed by atoms with Gasteiger partial charge in [0.1, 0.15) is 6.61 Å². The molecule has 0 amide bonds. The van der Waals surface area contributed by atoms with Crippen molar-refractivity contribution >= 4 is 0 Å². The van der Waals surface area contributed by atoms with Crippen molar-refractivity contribution in [1.82, 2.24) is 0 Å². The normalized spacial score (nSPS) is 53.2. The minimum absolute atomic E-state index is 0.0604. The zero-order valence-corrected chi connectivity index (χ0v) is 10.5. The molecule has 2 saturated heterocycles. The zero-order valence-electron chi connectivity index (χ0n) is 10.5. The lowest BCUT2D eigenvalue weighted by molar-refractivity contribution is -0.108. The van der Waals surface area contributed by atoms with Crippen LogP contribution in [0, 0.1) is 23.7 Å². The smallest absolute Gasteiger partial charge is 0.196 e. The standard InChI is InChI=1S/C13H23NO2/c1-4-8-5-9(6-14)10-11(8)13(7-15-13)16-12(10,2)3/h8-11H,4-7,14H2,1-3H3. The predicted octanol–water partition coefficient (Wildman–Crippen LogP) is 1.76. The van der Waals surface area contributed by atoms with Crippen LogP contribution in [0.25, 0.3) is 0 Å². The number of hydrogen-bond donors (Lipinski definition) is 1. The van der Waals surface area contributed by atoms with Crippen LogP contribution in [0.5, 0.6) is 0 Å². The van der Waals surface area contributed by atoms with E-state index in [-0.39, 0.29) is 11.4 Å². The number of rotatable bonds is 2. The molecule has 2 heterocycles. The molecular formula is C13H23NO2. The molecule has 5 atom stereocenters. The van der Waals surface area contributed by atoms with Crippen molar-refractivity contribution in [2.24, 2.45) is 29.4 Å². The van der Waals surface area contributed by atoms with E-state index in [0.717, 1.165) is 19.1 Å². The van der Waals surface area contributed by atoms with Gasteiger partial charge < -0.3 is 15.2 Å². The molecule has 3 rings (SSSR count). The molecule has 0 aromatic carbocycles. The van der Waals surface area contributed by atoms with Gasteiger partial charge in [-0.25, -0.2) is 0 Å². The summed E-state index contributed by atoms with van der Waals surface area (Å²) in [6.45, 7) is 8.29. The lowest BCUT2D eigenvalue weighted by Crippen LogP contribution is -2.35. The van der Waals surface area contributed by atoms with Gasteiger partial charge >= 0.3 is 0 Å². The van der Waals surface area contributed by atoms with Crippen molar-refractivity contribution < 1.29 is 9.47 Å². The molecular weight excluding hydrogens is 202 g/mol. The highest BCUT2D eigenvalue weighted by Gasteiger charge is 2.71. The highest BCUT2D eigenvalue weighted by atomic mass is 16.8. The summed E-state index contributed by atoms with van der Waals surface area (Å²) in [6.07, 6.45) is 2.49. The maximum absolute atomic E-state index is 6.20. The molecule has 92 valence electrons. The van der Waals surface area contributed by atoms with Crippen LogP contribution in [-0.2, 0) is 9.47 Å². The van der Waals surface area contributed by atoms with Crippen LogP contribution < -0.4 is 5.73 Å². The Morgan fingerprint density at radius 2 is 1.94 bits per heavy atom. The van der Waals surface area contributed by atoms with Gasteiger partial charge in [0.25, 0.3) is 0 Å². The van der Waals surface area contributed by atoms with E-state index in [4.69, 9.17) is 15.2 Å². The van der Waals surface area contributed by atoms with Crippen molar-refractivity contribution in [3.8, 4) is 0 Å². The molecule has 3 heteroatoms. The Labute approximate surface area is 97.7 Å². The quantitative estimate of drug-likeness (QED) is 0.728. The Morgan fingerprint density at radius 1 is 1.25 bits per heavy atom. The van der Waals surface area contributed by atoms with Gasteiger partial charge in [-0.1, -0.05) is 13.3 Å². The second-order valence-electron chi connectivity index (χ2n) is 6.26. The lowest BCUT2D eigenvalue weighted by atomic mass is 9.77. The van der Waals surface area contributed by atoms with Gasteiger partial charge in [-0.05, 0) is 44.6 Å². The molecule has 1 spiro atoms. The van der Waals surface area contributed by atoms with Gasteiger partial charge in [0, 0.05) is 5.92 Å². The summed E-state index contributed by atoms with van der Waals surface area (Å²) in [5.74, 6) is 2.31. The monoisotopic (exact) mass is 225 g/mol. The Morgan fingerprint density at radius 3 is 2.44 bits per heavy atom. The summed E-state index contributed by atoms with van der Waals surface area (Å²) in [5.41, 5.74) is 5.88. The van der Waals surface area contributed by atoms with Crippen molar-refractivity contribution in [2.75, 3.05) is 13.2 Å². The summed E-state index contributed by atoms with van der Waals surface area (Å²) >= 11 is 0. The molecule has 0 bridgehead atoms. The minimum Gasteiger partial charge on any atom is -0.342 e. The molecule has 0 aromatic heterocycles. The largest absolute Gasteiger partial charge is 0.342 e. The molecule has 5 unspecified atom stereocenters. The fourth-order valence-electron chi connectivity index (χ4n) is 4.47. The molecule has 16 heavy (non-hydrogen) atoms. The average Bonchev–Trinajstić information content (AvgIpc) is 2.80. The van der Waals surface area contributed by atoms with Crippen molar-refractivity contribution in [2.45, 2.75) is 45.0 Å². The maximum Gasteiger partial charge on any atom is 0.196 e. The van der Waals surface area contributed by atoms with Crippen LogP contribution in [-0.4, -0.2) is 24.5 Å². The first-order chi connectivity index (χ1) is 7.54. The molecule has 2 N–H and O–H groups in total. The van der Waals surface area contributed by atoms with Gasteiger partial charge in [-0.15, -0.1) is 0 Å². The van der Waals surface area contributed by atoms with E-state index >= 15 is 0 Å². The minimum atomic E-state index is -0.223. The number of hydrogen-bond acceptors (Lipinski definition) is 3. The Kier molecular flexibility index (Phi) is 2.21. The SMILES string of the molecule is CCC1CC(CN)C2C1C1(CO1)OC2(C)C. The van der Waals surface area contributed by atoms with Gasteiger partial charge in [0.05, 0.1) is 5.60 Å². The third-order valence-electron chi connectivity index (χ3n) is 5.01. The van der Waals surface area contributed by atoms with E-state index < -0.39 is 0 Å². The zero-order chi connectivity index (χ0) is 11.6. The fraction of sp³-hybridized carbons (Fsp3) is 1.00. The summed E-state index contributed by atoms with van der Waals surface area (Å²) in [5, 5.41) is 0. The first-order valence-corrected chi connectivity index (χ1v) is 6.58. The highest BCUT2D eigenvalue weighted by Crippen LogP contribution is 2.64. The Balaban J connectivity index is 1.96. The van der Waals surface area contributed by atoms with Crippen LogP contribution >= 0.6 is 0 Å². The Bertz CT molecular complexity index is 282. The number of epoxide rings is 1. The molecule has 0 radical (unpaired) electrons. The molecule has 3 nitrogen and oxygen atoms in total. The first-order valence-electron chi connectivity index (χ1n) is 6.58. The second kappa shape index (κ2) is 3.21. The van der Waals surface area contributed by atoms with Gasteiger partial charge in [-0.3, -0.25) is 0 Å². The third kappa shape index (κ3) is 1.25. The topological polar surface area (TPSA) is 47.8 Å². The second-order valence-corrected chi connectivity index (χ2v) is 6.26. The van der Waals surface area contributed by atoms with Gasteiger partial charge in [0.15, 0.2) is 5.79 Å². The molecule has 2 aliphatic heterocycles. The van der Waals surface area contributed by atoms with Crippen LogP contribution in [0.2, 0.25) is 0 Å². The fourth-order valence-corrected chi connectivity index (χ4v) is 4.47. The average molecular weight is 225 g/mol. The molecule has 1 saturated carbocycles. The third-order valence-corrected chi connectivity index (χ3v) is 5.01. The molecule has 1 aliphatic carbocycles. The van der Waals surface area contributed by atoms with Crippen LogP contribution in [0.15, 0.2) is 0 Å². The summed E-state index contributed by atoms with van der Waals surface area (Å²) in [6, 6.07) is 0. The van der Waals surface area contributed by atoms with Crippen LogP contribution in [0.1, 0.15) is 33.6 Å². The molecule has 0 aromatic rings.